The molecule has 11 rings (SSSR count). The van der Waals surface area contributed by atoms with E-state index in [1.165, 1.54) is 10.1 Å². The van der Waals surface area contributed by atoms with Crippen LogP contribution < -0.4 is 0 Å². The highest BCUT2D eigenvalue weighted by molar-refractivity contribution is 7.27. The molecule has 0 radical (unpaired) electrons. The first kappa shape index (κ1) is 29.7. The smallest absolute Gasteiger partial charge is 0.238 e. The van der Waals surface area contributed by atoms with Crippen molar-refractivity contribution in [3.8, 4) is 45.8 Å². The molecule has 0 N–H and O–H groups in total. The highest BCUT2D eigenvalue weighted by atomic mass is 32.1. The fourth-order valence-electron chi connectivity index (χ4n) is 7.68. The summed E-state index contributed by atoms with van der Waals surface area (Å²) in [5.41, 5.74) is 8.04. The normalized spacial score (nSPS) is 11.8. The maximum absolute atomic E-state index is 5.61. The Labute approximate surface area is 307 Å². The van der Waals surface area contributed by atoms with Gasteiger partial charge < -0.3 is 0 Å². The summed E-state index contributed by atoms with van der Waals surface area (Å²) in [5.74, 6) is 2.70. The summed E-state index contributed by atoms with van der Waals surface area (Å²) in [7, 11) is 0. The SMILES string of the molecule is c1ccc(-c2nc(-c3ccccc3)nc(-n3c4ccccc4c4c5nc(-c6ccccc6)n(-c6ccccc6)c5c5c6ccccc6sc5c43)n2)cc1. The third-order valence-corrected chi connectivity index (χ3v) is 11.1. The fraction of sp³-hybridized carbons (Fsp3) is 0. The number of nitrogens with zero attached hydrogens (tertiary/aromatic N) is 6. The lowest BCUT2D eigenvalue weighted by Gasteiger charge is -2.12. The molecule has 0 aliphatic rings. The monoisotopic (exact) mass is 696 g/mol. The summed E-state index contributed by atoms with van der Waals surface area (Å²) in [4.78, 5) is 21.1. The Balaban J connectivity index is 1.36. The molecular weight excluding hydrogens is 669 g/mol. The average molecular weight is 697 g/mol. The molecule has 53 heavy (non-hydrogen) atoms. The molecule has 0 fully saturated rings. The quantitative estimate of drug-likeness (QED) is 0.180. The van der Waals surface area contributed by atoms with Crippen molar-refractivity contribution >= 4 is 64.3 Å². The lowest BCUT2D eigenvalue weighted by Crippen LogP contribution is -2.06. The van der Waals surface area contributed by atoms with Gasteiger partial charge in [-0.3, -0.25) is 9.13 Å². The number of benzene rings is 7. The van der Waals surface area contributed by atoms with Crippen LogP contribution in [0.15, 0.2) is 170 Å². The molecule has 11 aromatic rings. The van der Waals surface area contributed by atoms with Crippen LogP contribution in [0.1, 0.15) is 0 Å². The largest absolute Gasteiger partial charge is 0.292 e. The maximum atomic E-state index is 5.61. The van der Waals surface area contributed by atoms with Crippen LogP contribution >= 0.6 is 11.3 Å². The molecule has 0 atom stereocenters. The summed E-state index contributed by atoms with van der Waals surface area (Å²) in [5, 5.41) is 4.52. The topological polar surface area (TPSA) is 61.4 Å². The van der Waals surface area contributed by atoms with E-state index in [0.717, 1.165) is 71.1 Å². The van der Waals surface area contributed by atoms with E-state index in [9.17, 15) is 0 Å². The van der Waals surface area contributed by atoms with E-state index in [2.05, 4.69) is 143 Å². The standard InChI is InChI=1S/C46H28N6S/c1-5-17-29(18-6-1)43-48-44(30-19-7-2-8-20-30)50-46(49-43)52-35-27-15-13-25-33(35)37-39-40(38-34-26-14-16-28-36(34)53-42(38)41(37)52)51(32-23-11-4-12-24-32)45(47-39)31-21-9-3-10-22-31/h1-28H. The first-order valence-corrected chi connectivity index (χ1v) is 18.4. The molecule has 0 saturated carbocycles. The van der Waals surface area contributed by atoms with Crippen molar-refractivity contribution < 1.29 is 0 Å². The zero-order valence-electron chi connectivity index (χ0n) is 28.3. The van der Waals surface area contributed by atoms with E-state index < -0.39 is 0 Å². The molecule has 6 nitrogen and oxygen atoms in total. The molecule has 7 aromatic carbocycles. The van der Waals surface area contributed by atoms with Gasteiger partial charge in [-0.15, -0.1) is 11.3 Å². The van der Waals surface area contributed by atoms with Crippen molar-refractivity contribution in [3.05, 3.63) is 170 Å². The van der Waals surface area contributed by atoms with Crippen LogP contribution in [0, 0.1) is 0 Å². The number of hydrogen-bond donors (Lipinski definition) is 0. The zero-order chi connectivity index (χ0) is 34.9. The zero-order valence-corrected chi connectivity index (χ0v) is 29.1. The molecular formula is C46H28N6S. The van der Waals surface area contributed by atoms with Gasteiger partial charge in [0.15, 0.2) is 11.6 Å². The van der Waals surface area contributed by atoms with Gasteiger partial charge in [0.05, 0.1) is 21.3 Å². The van der Waals surface area contributed by atoms with Gasteiger partial charge in [-0.05, 0) is 24.3 Å². The second kappa shape index (κ2) is 11.8. The molecule has 0 unspecified atom stereocenters. The highest BCUT2D eigenvalue weighted by Gasteiger charge is 2.28. The van der Waals surface area contributed by atoms with Gasteiger partial charge in [0, 0.05) is 48.6 Å². The van der Waals surface area contributed by atoms with Crippen LogP contribution in [0.4, 0.5) is 0 Å². The van der Waals surface area contributed by atoms with Gasteiger partial charge in [-0.1, -0.05) is 146 Å². The Morgan fingerprint density at radius 2 is 0.962 bits per heavy atom. The second-order valence-electron chi connectivity index (χ2n) is 13.1. The van der Waals surface area contributed by atoms with Crippen molar-refractivity contribution in [3.63, 3.8) is 0 Å². The molecule has 0 spiro atoms. The first-order valence-electron chi connectivity index (χ1n) is 17.6. The van der Waals surface area contributed by atoms with Crippen LogP contribution in [0.2, 0.25) is 0 Å². The maximum Gasteiger partial charge on any atom is 0.238 e. The lowest BCUT2D eigenvalue weighted by atomic mass is 10.1. The van der Waals surface area contributed by atoms with Gasteiger partial charge in [0.25, 0.3) is 0 Å². The molecule has 248 valence electrons. The molecule has 0 saturated heterocycles. The summed E-state index contributed by atoms with van der Waals surface area (Å²) in [6.07, 6.45) is 0. The van der Waals surface area contributed by atoms with Gasteiger partial charge >= 0.3 is 0 Å². The van der Waals surface area contributed by atoms with Crippen molar-refractivity contribution in [2.75, 3.05) is 0 Å². The van der Waals surface area contributed by atoms with Gasteiger partial charge in [0.2, 0.25) is 5.95 Å². The second-order valence-corrected chi connectivity index (χ2v) is 14.1. The third-order valence-electron chi connectivity index (χ3n) is 9.97. The Hall–Kier alpha value is -6.96. The summed E-state index contributed by atoms with van der Waals surface area (Å²) >= 11 is 1.81. The Bertz CT molecular complexity index is 3090. The van der Waals surface area contributed by atoms with Gasteiger partial charge in [0.1, 0.15) is 11.3 Å². The average Bonchev–Trinajstić information content (AvgIpc) is 3.92. The van der Waals surface area contributed by atoms with Crippen molar-refractivity contribution in [2.24, 2.45) is 0 Å². The summed E-state index contributed by atoms with van der Waals surface area (Å²) < 4.78 is 6.96. The Morgan fingerprint density at radius 1 is 0.415 bits per heavy atom. The molecule has 0 aliphatic carbocycles. The van der Waals surface area contributed by atoms with Crippen LogP contribution in [-0.4, -0.2) is 29.1 Å². The Kier molecular flexibility index (Phi) is 6.62. The molecule has 7 heteroatoms. The van der Waals surface area contributed by atoms with Gasteiger partial charge in [-0.2, -0.15) is 9.97 Å². The van der Waals surface area contributed by atoms with E-state index in [1.54, 1.807) is 0 Å². The van der Waals surface area contributed by atoms with E-state index in [0.29, 0.717) is 17.6 Å². The number of rotatable bonds is 5. The van der Waals surface area contributed by atoms with Crippen molar-refractivity contribution in [2.45, 2.75) is 0 Å². The number of hydrogen-bond acceptors (Lipinski definition) is 5. The predicted molar refractivity (Wildman–Crippen MR) is 218 cm³/mol. The van der Waals surface area contributed by atoms with Crippen LogP contribution in [-0.2, 0) is 0 Å². The Morgan fingerprint density at radius 3 is 1.62 bits per heavy atom. The lowest BCUT2D eigenvalue weighted by molar-refractivity contribution is 0.955. The first-order chi connectivity index (χ1) is 26.3. The number of imidazole rings is 1. The molecule has 4 heterocycles. The predicted octanol–water partition coefficient (Wildman–Crippen LogP) is 11.7. The third kappa shape index (κ3) is 4.58. The van der Waals surface area contributed by atoms with Gasteiger partial charge in [-0.25, -0.2) is 9.97 Å². The highest BCUT2D eigenvalue weighted by Crippen LogP contribution is 2.49. The minimum absolute atomic E-state index is 0.563. The molecule has 4 aromatic heterocycles. The minimum Gasteiger partial charge on any atom is -0.292 e. The minimum atomic E-state index is 0.563. The van der Waals surface area contributed by atoms with E-state index in [-0.39, 0.29) is 0 Å². The summed E-state index contributed by atoms with van der Waals surface area (Å²) in [6, 6.07) is 58.7. The van der Waals surface area contributed by atoms with Crippen LogP contribution in [0.3, 0.4) is 0 Å². The number of fused-ring (bicyclic) bond motifs is 10. The van der Waals surface area contributed by atoms with Crippen LogP contribution in [0.25, 0.3) is 98.8 Å². The van der Waals surface area contributed by atoms with E-state index in [1.807, 2.05) is 47.7 Å². The number of aromatic nitrogens is 6. The van der Waals surface area contributed by atoms with E-state index >= 15 is 0 Å². The molecule has 0 amide bonds. The number of para-hydroxylation sites is 2. The molecule has 0 bridgehead atoms. The fourth-order valence-corrected chi connectivity index (χ4v) is 8.93. The van der Waals surface area contributed by atoms with Crippen molar-refractivity contribution in [1.82, 2.24) is 29.1 Å². The van der Waals surface area contributed by atoms with Crippen molar-refractivity contribution in [1.29, 1.82) is 0 Å². The van der Waals surface area contributed by atoms with E-state index in [4.69, 9.17) is 19.9 Å². The molecule has 0 aliphatic heterocycles. The summed E-state index contributed by atoms with van der Waals surface area (Å²) in [6.45, 7) is 0. The van der Waals surface area contributed by atoms with Crippen LogP contribution in [0.5, 0.6) is 0 Å². The number of thiophene rings is 1.